The standard InChI is InChI=1S/C10H16N6O/c1-7-13-8(15-11)6-9(14-7)16-4-2-10(17)12-3-5-16/h6H,2-5,11H2,1H3,(H,12,17)(H,13,14,15). The molecule has 2 heterocycles. The average Bonchev–Trinajstić information content (AvgIpc) is 2.53. The highest BCUT2D eigenvalue weighted by atomic mass is 16.1. The number of rotatable bonds is 2. The molecule has 1 aliphatic heterocycles. The Kier molecular flexibility index (Phi) is 3.38. The minimum Gasteiger partial charge on any atom is -0.354 e. The predicted molar refractivity (Wildman–Crippen MR) is 64.4 cm³/mol. The molecule has 4 N–H and O–H groups in total. The fraction of sp³-hybridized carbons (Fsp3) is 0.500. The van der Waals surface area contributed by atoms with Gasteiger partial charge in [-0.2, -0.15) is 0 Å². The van der Waals surface area contributed by atoms with Crippen molar-refractivity contribution in [3.63, 3.8) is 0 Å². The lowest BCUT2D eigenvalue weighted by Crippen LogP contribution is -2.29. The summed E-state index contributed by atoms with van der Waals surface area (Å²) in [5, 5.41) is 2.82. The summed E-state index contributed by atoms with van der Waals surface area (Å²) in [5.74, 6) is 7.45. The van der Waals surface area contributed by atoms with E-state index < -0.39 is 0 Å². The summed E-state index contributed by atoms with van der Waals surface area (Å²) in [6.07, 6.45) is 0.481. The van der Waals surface area contributed by atoms with E-state index in [4.69, 9.17) is 5.84 Å². The third-order valence-electron chi connectivity index (χ3n) is 2.61. The van der Waals surface area contributed by atoms with E-state index in [0.29, 0.717) is 31.2 Å². The van der Waals surface area contributed by atoms with Crippen LogP contribution < -0.4 is 21.5 Å². The van der Waals surface area contributed by atoms with Gasteiger partial charge in [-0.05, 0) is 6.92 Å². The lowest BCUT2D eigenvalue weighted by Gasteiger charge is -2.21. The monoisotopic (exact) mass is 236 g/mol. The normalized spacial score (nSPS) is 16.4. The highest BCUT2D eigenvalue weighted by Gasteiger charge is 2.15. The maximum atomic E-state index is 11.2. The van der Waals surface area contributed by atoms with Crippen LogP contribution in [0.2, 0.25) is 0 Å². The van der Waals surface area contributed by atoms with E-state index in [1.807, 2.05) is 11.8 Å². The van der Waals surface area contributed by atoms with E-state index in [1.54, 1.807) is 6.07 Å². The van der Waals surface area contributed by atoms with Crippen LogP contribution in [0.4, 0.5) is 11.6 Å². The largest absolute Gasteiger partial charge is 0.354 e. The molecule has 17 heavy (non-hydrogen) atoms. The van der Waals surface area contributed by atoms with Gasteiger partial charge in [0.05, 0.1) is 0 Å². The Morgan fingerprint density at radius 1 is 1.47 bits per heavy atom. The summed E-state index contributed by atoms with van der Waals surface area (Å²) in [6.45, 7) is 3.84. The van der Waals surface area contributed by atoms with E-state index in [0.717, 1.165) is 12.4 Å². The SMILES string of the molecule is Cc1nc(NN)cc(N2CCNC(=O)CC2)n1. The van der Waals surface area contributed by atoms with Crippen LogP contribution in [0.25, 0.3) is 0 Å². The molecule has 1 aromatic rings. The number of hydrogen-bond acceptors (Lipinski definition) is 6. The summed E-state index contributed by atoms with van der Waals surface area (Å²) in [6, 6.07) is 1.78. The van der Waals surface area contributed by atoms with Crippen molar-refractivity contribution in [3.05, 3.63) is 11.9 Å². The lowest BCUT2D eigenvalue weighted by atomic mass is 10.3. The van der Waals surface area contributed by atoms with Crippen molar-refractivity contribution < 1.29 is 4.79 Å². The van der Waals surface area contributed by atoms with Crippen molar-refractivity contribution >= 4 is 17.5 Å². The van der Waals surface area contributed by atoms with Crippen molar-refractivity contribution in [3.8, 4) is 0 Å². The van der Waals surface area contributed by atoms with Gasteiger partial charge in [-0.25, -0.2) is 15.8 Å². The van der Waals surface area contributed by atoms with Crippen LogP contribution in [-0.2, 0) is 4.79 Å². The summed E-state index contributed by atoms with van der Waals surface area (Å²) < 4.78 is 0. The van der Waals surface area contributed by atoms with E-state index >= 15 is 0 Å². The van der Waals surface area contributed by atoms with Crippen LogP contribution in [-0.4, -0.2) is 35.5 Å². The minimum atomic E-state index is 0.0791. The van der Waals surface area contributed by atoms with Crippen molar-refractivity contribution in [2.24, 2.45) is 5.84 Å². The second-order valence-corrected chi connectivity index (χ2v) is 3.89. The average molecular weight is 236 g/mol. The molecule has 0 unspecified atom stereocenters. The van der Waals surface area contributed by atoms with Gasteiger partial charge < -0.3 is 15.6 Å². The van der Waals surface area contributed by atoms with Crippen molar-refractivity contribution in [1.29, 1.82) is 0 Å². The Balaban J connectivity index is 2.20. The highest BCUT2D eigenvalue weighted by molar-refractivity contribution is 5.77. The number of aromatic nitrogens is 2. The van der Waals surface area contributed by atoms with Crippen LogP contribution in [0.3, 0.4) is 0 Å². The number of nitrogens with zero attached hydrogens (tertiary/aromatic N) is 3. The molecule has 7 heteroatoms. The molecule has 1 amide bonds. The Hall–Kier alpha value is -1.89. The molecule has 1 aliphatic rings. The van der Waals surface area contributed by atoms with E-state index in [2.05, 4.69) is 20.7 Å². The smallest absolute Gasteiger partial charge is 0.221 e. The molecule has 0 atom stereocenters. The van der Waals surface area contributed by atoms with Crippen LogP contribution in [0, 0.1) is 6.92 Å². The number of anilines is 2. The Labute approximate surface area is 99.4 Å². The van der Waals surface area contributed by atoms with Gasteiger partial charge in [-0.1, -0.05) is 0 Å². The third kappa shape index (κ3) is 2.82. The number of carbonyl (C=O) groups is 1. The van der Waals surface area contributed by atoms with E-state index in [1.165, 1.54) is 0 Å². The molecule has 0 aliphatic carbocycles. The number of hydrazine groups is 1. The molecule has 7 nitrogen and oxygen atoms in total. The molecule has 1 aromatic heterocycles. The Morgan fingerprint density at radius 2 is 2.29 bits per heavy atom. The number of aryl methyl sites for hydroxylation is 1. The van der Waals surface area contributed by atoms with Crippen molar-refractivity contribution in [1.82, 2.24) is 15.3 Å². The summed E-state index contributed by atoms with van der Waals surface area (Å²) >= 11 is 0. The van der Waals surface area contributed by atoms with E-state index in [-0.39, 0.29) is 5.91 Å². The fourth-order valence-electron chi connectivity index (χ4n) is 1.78. The molecule has 0 bridgehead atoms. The Morgan fingerprint density at radius 3 is 3.06 bits per heavy atom. The quantitative estimate of drug-likeness (QED) is 0.468. The number of carbonyl (C=O) groups excluding carboxylic acids is 1. The van der Waals surface area contributed by atoms with Gasteiger partial charge in [0, 0.05) is 32.1 Å². The highest BCUT2D eigenvalue weighted by Crippen LogP contribution is 2.16. The minimum absolute atomic E-state index is 0.0791. The lowest BCUT2D eigenvalue weighted by molar-refractivity contribution is -0.120. The van der Waals surface area contributed by atoms with Gasteiger partial charge in [0.25, 0.3) is 0 Å². The molecule has 1 fully saturated rings. The number of nitrogen functional groups attached to an aromatic ring is 1. The summed E-state index contributed by atoms with van der Waals surface area (Å²) in [7, 11) is 0. The molecular weight excluding hydrogens is 220 g/mol. The predicted octanol–water partition coefficient (Wildman–Crippen LogP) is -0.603. The maximum Gasteiger partial charge on any atom is 0.221 e. The molecule has 92 valence electrons. The molecular formula is C10H16N6O. The first-order chi connectivity index (χ1) is 8.19. The number of amides is 1. The first-order valence-corrected chi connectivity index (χ1v) is 5.53. The molecule has 0 radical (unpaired) electrons. The maximum absolute atomic E-state index is 11.2. The molecule has 0 spiro atoms. The van der Waals surface area contributed by atoms with Crippen molar-refractivity contribution in [2.75, 3.05) is 30.0 Å². The zero-order valence-corrected chi connectivity index (χ0v) is 9.73. The van der Waals surface area contributed by atoms with Crippen LogP contribution in [0.1, 0.15) is 12.2 Å². The second kappa shape index (κ2) is 4.96. The number of hydrogen-bond donors (Lipinski definition) is 3. The van der Waals surface area contributed by atoms with Gasteiger partial charge in [-0.3, -0.25) is 4.79 Å². The van der Waals surface area contributed by atoms with Gasteiger partial charge in [-0.15, -0.1) is 0 Å². The van der Waals surface area contributed by atoms with Crippen LogP contribution >= 0.6 is 0 Å². The fourth-order valence-corrected chi connectivity index (χ4v) is 1.78. The molecule has 0 saturated carbocycles. The Bertz CT molecular complexity index is 421. The van der Waals surface area contributed by atoms with Gasteiger partial charge in [0.15, 0.2) is 0 Å². The third-order valence-corrected chi connectivity index (χ3v) is 2.61. The second-order valence-electron chi connectivity index (χ2n) is 3.89. The van der Waals surface area contributed by atoms with Gasteiger partial charge in [0.2, 0.25) is 5.91 Å². The van der Waals surface area contributed by atoms with Gasteiger partial charge >= 0.3 is 0 Å². The number of nitrogens with two attached hydrogens (primary N) is 1. The first kappa shape index (κ1) is 11.6. The molecule has 0 aromatic carbocycles. The zero-order chi connectivity index (χ0) is 12.3. The number of nitrogens with one attached hydrogen (secondary N) is 2. The van der Waals surface area contributed by atoms with Crippen LogP contribution in [0.5, 0.6) is 0 Å². The first-order valence-electron chi connectivity index (χ1n) is 5.53. The molecule has 1 saturated heterocycles. The van der Waals surface area contributed by atoms with Crippen LogP contribution in [0.15, 0.2) is 6.07 Å². The topological polar surface area (TPSA) is 96.2 Å². The summed E-state index contributed by atoms with van der Waals surface area (Å²) in [4.78, 5) is 21.8. The van der Waals surface area contributed by atoms with E-state index in [9.17, 15) is 4.79 Å². The summed E-state index contributed by atoms with van der Waals surface area (Å²) in [5.41, 5.74) is 2.51. The molecule has 2 rings (SSSR count). The van der Waals surface area contributed by atoms with Gasteiger partial charge in [0.1, 0.15) is 17.5 Å². The zero-order valence-electron chi connectivity index (χ0n) is 9.73. The van der Waals surface area contributed by atoms with Crippen molar-refractivity contribution in [2.45, 2.75) is 13.3 Å².